The summed E-state index contributed by atoms with van der Waals surface area (Å²) in [6.45, 7) is 2.89. The number of ketones is 1. The summed E-state index contributed by atoms with van der Waals surface area (Å²) in [5.74, 6) is -1.26. The molecule has 0 saturated carbocycles. The molecule has 0 aliphatic carbocycles. The fourth-order valence-corrected chi connectivity index (χ4v) is 4.64. The molecule has 0 bridgehead atoms. The van der Waals surface area contributed by atoms with Gasteiger partial charge >= 0.3 is 0 Å². The number of hydrogen-bond acceptors (Lipinski definition) is 6. The van der Waals surface area contributed by atoms with Crippen molar-refractivity contribution >= 4 is 75.2 Å². The van der Waals surface area contributed by atoms with E-state index < -0.39 is 17.6 Å². The predicted octanol–water partition coefficient (Wildman–Crippen LogP) is 5.23. The van der Waals surface area contributed by atoms with Gasteiger partial charge in [-0.15, -0.1) is 0 Å². The zero-order valence-electron chi connectivity index (χ0n) is 22.4. The molecule has 2 heterocycles. The van der Waals surface area contributed by atoms with Gasteiger partial charge in [-0.2, -0.15) is 0 Å². The minimum absolute atomic E-state index is 0.00411. The number of para-hydroxylation sites is 1. The van der Waals surface area contributed by atoms with Crippen LogP contribution in [-0.4, -0.2) is 47.1 Å². The van der Waals surface area contributed by atoms with E-state index >= 15 is 0 Å². The van der Waals surface area contributed by atoms with Crippen molar-refractivity contribution in [3.63, 3.8) is 0 Å². The van der Waals surface area contributed by atoms with E-state index in [1.54, 1.807) is 24.3 Å². The Balaban J connectivity index is 1.47. The molecule has 3 amide bonds. The average Bonchev–Trinajstić information content (AvgIpc) is 2.94. The van der Waals surface area contributed by atoms with E-state index in [1.165, 1.54) is 49.4 Å². The van der Waals surface area contributed by atoms with Gasteiger partial charge in [-0.3, -0.25) is 24.2 Å². The molecule has 2 N–H and O–H groups in total. The number of benzene rings is 2. The quantitative estimate of drug-likeness (QED) is 0.214. The fourth-order valence-electron chi connectivity index (χ4n) is 3.98. The van der Waals surface area contributed by atoms with Crippen molar-refractivity contribution in [2.45, 2.75) is 13.8 Å². The number of likely N-dealkylation sites (N-methyl/N-ethyl adjacent to an activating group) is 1. The molecule has 0 aliphatic heterocycles. The summed E-state index contributed by atoms with van der Waals surface area (Å²) in [7, 11) is 1.48. The van der Waals surface area contributed by atoms with Crippen LogP contribution < -0.4 is 15.5 Å². The van der Waals surface area contributed by atoms with E-state index in [4.69, 9.17) is 23.2 Å². The first-order valence-electron chi connectivity index (χ1n) is 12.4. The van der Waals surface area contributed by atoms with E-state index in [-0.39, 0.29) is 33.7 Å². The molecule has 0 saturated heterocycles. The maximum absolute atomic E-state index is 13.6. The van der Waals surface area contributed by atoms with Gasteiger partial charge in [-0.25, -0.2) is 4.98 Å². The number of anilines is 2. The maximum atomic E-state index is 13.6. The lowest BCUT2D eigenvalue weighted by Gasteiger charge is -2.21. The Bertz CT molecular complexity index is 1700. The number of pyridine rings is 2. The van der Waals surface area contributed by atoms with Crippen LogP contribution in [0.1, 0.15) is 34.1 Å². The number of nitrogens with one attached hydrogen (secondary N) is 2. The van der Waals surface area contributed by atoms with Crippen LogP contribution >= 0.6 is 23.2 Å². The standard InChI is InChI=1S/C30H25Cl2N5O4/c1-17-7-10-20-5-4-6-21(29(20)35-17)30(41)27-22(31)11-12-23(28(27)32)37(3)26(40)16-34-25(39)14-9-19-8-13-24(33-15-19)36-18(2)38/h4-15H,16H2,1-3H3,(H,34,39)(H,33,36,38). The summed E-state index contributed by atoms with van der Waals surface area (Å²) < 4.78 is 0. The van der Waals surface area contributed by atoms with Crippen LogP contribution in [0.5, 0.6) is 0 Å². The van der Waals surface area contributed by atoms with Gasteiger partial charge in [0.25, 0.3) is 0 Å². The molecule has 208 valence electrons. The van der Waals surface area contributed by atoms with E-state index in [0.29, 0.717) is 22.5 Å². The van der Waals surface area contributed by atoms with E-state index in [0.717, 1.165) is 11.1 Å². The Morgan fingerprint density at radius 1 is 1.00 bits per heavy atom. The predicted molar refractivity (Wildman–Crippen MR) is 160 cm³/mol. The minimum Gasteiger partial charge on any atom is -0.343 e. The van der Waals surface area contributed by atoms with Gasteiger partial charge in [-0.1, -0.05) is 41.4 Å². The second-order valence-electron chi connectivity index (χ2n) is 9.08. The normalized spacial score (nSPS) is 11.0. The van der Waals surface area contributed by atoms with E-state index in [9.17, 15) is 19.2 Å². The van der Waals surface area contributed by atoms with Gasteiger partial charge in [0.15, 0.2) is 5.78 Å². The zero-order valence-corrected chi connectivity index (χ0v) is 23.9. The van der Waals surface area contributed by atoms with E-state index in [2.05, 4.69) is 20.6 Å². The Morgan fingerprint density at radius 3 is 2.49 bits per heavy atom. The minimum atomic E-state index is -0.505. The molecule has 0 aliphatic rings. The van der Waals surface area contributed by atoms with Crippen molar-refractivity contribution in [2.75, 3.05) is 23.8 Å². The molecule has 4 aromatic rings. The summed E-state index contributed by atoms with van der Waals surface area (Å²) in [5.41, 5.74) is 2.53. The molecule has 9 nitrogen and oxygen atoms in total. The van der Waals surface area contributed by atoms with Gasteiger partial charge in [0, 0.05) is 42.9 Å². The third-order valence-corrected chi connectivity index (χ3v) is 6.77. The SMILES string of the molecule is CC(=O)Nc1ccc(C=CC(=O)NCC(=O)N(C)c2ccc(Cl)c(C(=O)c3cccc4ccc(C)nc34)c2Cl)cn1. The van der Waals surface area contributed by atoms with Gasteiger partial charge in [-0.05, 0) is 55.0 Å². The highest BCUT2D eigenvalue weighted by Crippen LogP contribution is 2.36. The lowest BCUT2D eigenvalue weighted by molar-refractivity contribution is -0.122. The Kier molecular flexibility index (Phi) is 9.11. The van der Waals surface area contributed by atoms with Crippen molar-refractivity contribution in [2.24, 2.45) is 0 Å². The molecule has 0 radical (unpaired) electrons. The molecule has 11 heteroatoms. The fraction of sp³-hybridized carbons (Fsp3) is 0.133. The highest BCUT2D eigenvalue weighted by atomic mass is 35.5. The van der Waals surface area contributed by atoms with Crippen LogP contribution in [0, 0.1) is 6.92 Å². The number of rotatable bonds is 8. The van der Waals surface area contributed by atoms with Crippen LogP contribution in [0.4, 0.5) is 11.5 Å². The third-order valence-electron chi connectivity index (χ3n) is 6.07. The number of aromatic nitrogens is 2. The van der Waals surface area contributed by atoms with Crippen molar-refractivity contribution in [1.29, 1.82) is 0 Å². The third kappa shape index (κ3) is 6.95. The molecule has 0 unspecified atom stereocenters. The zero-order chi connectivity index (χ0) is 29.7. The lowest BCUT2D eigenvalue weighted by Crippen LogP contribution is -2.37. The summed E-state index contributed by atoms with van der Waals surface area (Å²) in [6, 6.07) is 15.3. The van der Waals surface area contributed by atoms with Crippen molar-refractivity contribution in [3.05, 3.63) is 99.3 Å². The Labute approximate surface area is 246 Å². The van der Waals surface area contributed by atoms with Crippen molar-refractivity contribution in [3.8, 4) is 0 Å². The second-order valence-corrected chi connectivity index (χ2v) is 9.86. The van der Waals surface area contributed by atoms with Gasteiger partial charge in [0.1, 0.15) is 5.82 Å². The van der Waals surface area contributed by atoms with Crippen LogP contribution in [0.3, 0.4) is 0 Å². The topological polar surface area (TPSA) is 121 Å². The van der Waals surface area contributed by atoms with Crippen LogP contribution in [0.25, 0.3) is 17.0 Å². The van der Waals surface area contributed by atoms with Gasteiger partial charge in [0.2, 0.25) is 17.7 Å². The number of halogens is 2. The molecule has 41 heavy (non-hydrogen) atoms. The van der Waals surface area contributed by atoms with Crippen molar-refractivity contribution in [1.82, 2.24) is 15.3 Å². The number of amides is 3. The van der Waals surface area contributed by atoms with Crippen LogP contribution in [0.15, 0.2) is 66.9 Å². The molecular weight excluding hydrogens is 565 g/mol. The number of fused-ring (bicyclic) bond motifs is 1. The average molecular weight is 590 g/mol. The van der Waals surface area contributed by atoms with Gasteiger partial charge < -0.3 is 15.5 Å². The summed E-state index contributed by atoms with van der Waals surface area (Å²) >= 11 is 13.1. The first kappa shape index (κ1) is 29.4. The molecule has 2 aromatic carbocycles. The number of hydrogen-bond donors (Lipinski definition) is 2. The monoisotopic (exact) mass is 589 g/mol. The summed E-state index contributed by atoms with van der Waals surface area (Å²) in [4.78, 5) is 59.8. The molecule has 0 atom stereocenters. The second kappa shape index (κ2) is 12.7. The molecule has 4 rings (SSSR count). The lowest BCUT2D eigenvalue weighted by atomic mass is 9.99. The molecule has 0 spiro atoms. The highest BCUT2D eigenvalue weighted by molar-refractivity contribution is 6.43. The first-order chi connectivity index (χ1) is 19.5. The van der Waals surface area contributed by atoms with E-state index in [1.807, 2.05) is 25.1 Å². The molecular formula is C30H25Cl2N5O4. The maximum Gasteiger partial charge on any atom is 0.246 e. The smallest absolute Gasteiger partial charge is 0.246 e. The number of carbonyl (C=O) groups excluding carboxylic acids is 4. The van der Waals surface area contributed by atoms with Gasteiger partial charge in [0.05, 0.1) is 33.4 Å². The summed E-state index contributed by atoms with van der Waals surface area (Å²) in [5, 5.41) is 6.00. The Morgan fingerprint density at radius 2 is 1.78 bits per heavy atom. The first-order valence-corrected chi connectivity index (χ1v) is 13.2. The molecule has 2 aromatic heterocycles. The van der Waals surface area contributed by atoms with Crippen molar-refractivity contribution < 1.29 is 19.2 Å². The highest BCUT2D eigenvalue weighted by Gasteiger charge is 2.24. The summed E-state index contributed by atoms with van der Waals surface area (Å²) in [6.07, 6.45) is 4.27. The number of nitrogens with zero attached hydrogens (tertiary/aromatic N) is 3. The number of carbonyl (C=O) groups is 4. The van der Waals surface area contributed by atoms with Crippen LogP contribution in [0.2, 0.25) is 10.0 Å². The molecule has 0 fully saturated rings. The number of aryl methyl sites for hydroxylation is 1. The largest absolute Gasteiger partial charge is 0.343 e. The van der Waals surface area contributed by atoms with Crippen LogP contribution in [-0.2, 0) is 14.4 Å². The Hall–Kier alpha value is -4.60.